The molecule has 0 saturated carbocycles. The fraction of sp³-hybridized carbons (Fsp3) is 0.547. The monoisotopic (exact) mass is 963 g/mol. The van der Waals surface area contributed by atoms with Gasteiger partial charge < -0.3 is 14.2 Å². The van der Waals surface area contributed by atoms with E-state index in [0.29, 0.717) is 19.3 Å². The number of esters is 3. The first kappa shape index (κ1) is 65.0. The van der Waals surface area contributed by atoms with E-state index in [9.17, 15) is 14.4 Å². The molecule has 390 valence electrons. The van der Waals surface area contributed by atoms with Crippen LogP contribution in [0.4, 0.5) is 0 Å². The molecule has 0 radical (unpaired) electrons. The molecule has 0 bridgehead atoms. The van der Waals surface area contributed by atoms with E-state index in [1.165, 1.54) is 38.5 Å². The molecule has 0 aliphatic rings. The summed E-state index contributed by atoms with van der Waals surface area (Å²) in [7, 11) is 0. The number of carbonyl (C=O) groups excluding carboxylic acids is 3. The zero-order chi connectivity index (χ0) is 50.7. The van der Waals surface area contributed by atoms with Gasteiger partial charge in [-0.2, -0.15) is 0 Å². The van der Waals surface area contributed by atoms with Gasteiger partial charge in [-0.1, -0.05) is 243 Å². The Morgan fingerprint density at radius 3 is 0.986 bits per heavy atom. The van der Waals surface area contributed by atoms with Crippen molar-refractivity contribution in [3.63, 3.8) is 0 Å². The third-order valence-electron chi connectivity index (χ3n) is 11.0. The number of ether oxygens (including phenoxy) is 3. The Balaban J connectivity index is 4.55. The van der Waals surface area contributed by atoms with Crippen LogP contribution in [0.25, 0.3) is 0 Å². The van der Waals surface area contributed by atoms with Crippen LogP contribution in [0.5, 0.6) is 0 Å². The molecule has 1 atom stereocenters. The standard InChI is InChI=1S/C64H98O6/c1-4-7-10-13-16-19-22-25-28-30-32-34-36-39-42-45-48-51-54-57-63(66)69-60-61(59-68-62(65)56-53-50-47-44-41-38-27-24-21-18-15-12-9-6-3)70-64(67)58-55-52-49-46-43-40-37-35-33-31-29-26-23-20-17-14-11-8-5-2/h7-13,16-22,25-30,32,34,36,38-39,42,61H,4-6,14-15,23-24,31,33,35,37,40-41,43-60H2,1-3H3/b10-7-,11-8-,12-9-,16-13-,20-17-,21-18-,22-19-,28-25-,29-26-,32-30+,36-34-,38-27-,42-39-. The lowest BCUT2D eigenvalue weighted by Crippen LogP contribution is -2.30. The van der Waals surface area contributed by atoms with Crippen molar-refractivity contribution in [3.05, 3.63) is 158 Å². The lowest BCUT2D eigenvalue weighted by atomic mass is 10.1. The number of allylic oxidation sites excluding steroid dienone is 26. The van der Waals surface area contributed by atoms with E-state index in [0.717, 1.165) is 128 Å². The minimum atomic E-state index is -0.818. The van der Waals surface area contributed by atoms with Crippen LogP contribution in [0, 0.1) is 0 Å². The molecule has 1 unspecified atom stereocenters. The predicted molar refractivity (Wildman–Crippen MR) is 302 cm³/mol. The van der Waals surface area contributed by atoms with Crippen molar-refractivity contribution < 1.29 is 28.6 Å². The molecule has 70 heavy (non-hydrogen) atoms. The molecule has 0 saturated heterocycles. The van der Waals surface area contributed by atoms with E-state index >= 15 is 0 Å². The van der Waals surface area contributed by atoms with Crippen molar-refractivity contribution in [1.82, 2.24) is 0 Å². The van der Waals surface area contributed by atoms with E-state index in [1.54, 1.807) is 0 Å². The van der Waals surface area contributed by atoms with Crippen LogP contribution >= 0.6 is 0 Å². The molecule has 0 amide bonds. The van der Waals surface area contributed by atoms with Crippen molar-refractivity contribution in [2.75, 3.05) is 13.2 Å². The second-order valence-corrected chi connectivity index (χ2v) is 17.5. The van der Waals surface area contributed by atoms with E-state index in [1.807, 2.05) is 72.9 Å². The van der Waals surface area contributed by atoms with Crippen LogP contribution in [-0.4, -0.2) is 37.2 Å². The summed E-state index contributed by atoms with van der Waals surface area (Å²) >= 11 is 0. The number of unbranched alkanes of at least 4 members (excludes halogenated alkanes) is 16. The van der Waals surface area contributed by atoms with Gasteiger partial charge in [0.05, 0.1) is 0 Å². The zero-order valence-electron chi connectivity index (χ0n) is 44.5. The van der Waals surface area contributed by atoms with Crippen molar-refractivity contribution in [3.8, 4) is 0 Å². The molecule has 0 N–H and O–H groups in total. The summed E-state index contributed by atoms with van der Waals surface area (Å²) < 4.78 is 16.8. The average Bonchev–Trinajstić information content (AvgIpc) is 3.36. The van der Waals surface area contributed by atoms with Crippen LogP contribution in [0.15, 0.2) is 158 Å². The van der Waals surface area contributed by atoms with E-state index in [-0.39, 0.29) is 31.1 Å². The predicted octanol–water partition coefficient (Wildman–Crippen LogP) is 18.6. The minimum absolute atomic E-state index is 0.114. The van der Waals surface area contributed by atoms with E-state index < -0.39 is 6.10 Å². The van der Waals surface area contributed by atoms with Gasteiger partial charge in [-0.3, -0.25) is 14.4 Å². The Hall–Kier alpha value is -4.97. The molecule has 0 aromatic heterocycles. The van der Waals surface area contributed by atoms with Gasteiger partial charge in [-0.15, -0.1) is 0 Å². The Labute approximate surface area is 429 Å². The number of hydrogen-bond acceptors (Lipinski definition) is 6. The molecule has 0 heterocycles. The quantitative estimate of drug-likeness (QED) is 0.0199. The summed E-state index contributed by atoms with van der Waals surface area (Å²) in [5.74, 6) is -0.996. The molecule has 0 aliphatic carbocycles. The molecule has 0 aromatic carbocycles. The Morgan fingerprint density at radius 2 is 0.586 bits per heavy atom. The zero-order valence-corrected chi connectivity index (χ0v) is 44.5. The molecule has 0 fully saturated rings. The Morgan fingerprint density at radius 1 is 0.300 bits per heavy atom. The largest absolute Gasteiger partial charge is 0.462 e. The Bertz CT molecular complexity index is 1620. The Kier molecular flexibility index (Phi) is 52.6. The van der Waals surface area contributed by atoms with Gasteiger partial charge in [0.2, 0.25) is 0 Å². The first-order valence-electron chi connectivity index (χ1n) is 27.6. The van der Waals surface area contributed by atoms with Gasteiger partial charge >= 0.3 is 17.9 Å². The van der Waals surface area contributed by atoms with Crippen LogP contribution in [0.2, 0.25) is 0 Å². The van der Waals surface area contributed by atoms with Crippen molar-refractivity contribution in [1.29, 1.82) is 0 Å². The molecule has 0 aliphatic heterocycles. The van der Waals surface area contributed by atoms with Crippen LogP contribution in [-0.2, 0) is 28.6 Å². The lowest BCUT2D eigenvalue weighted by molar-refractivity contribution is -0.167. The first-order valence-corrected chi connectivity index (χ1v) is 27.6. The van der Waals surface area contributed by atoms with Crippen LogP contribution < -0.4 is 0 Å². The summed E-state index contributed by atoms with van der Waals surface area (Å²) in [5, 5.41) is 0. The van der Waals surface area contributed by atoms with Gasteiger partial charge in [0.1, 0.15) is 13.2 Å². The molecular formula is C64H98O6. The third kappa shape index (κ3) is 54.0. The number of carbonyl (C=O) groups is 3. The molecule has 0 rings (SSSR count). The summed E-state index contributed by atoms with van der Waals surface area (Å²) in [6, 6.07) is 0. The summed E-state index contributed by atoms with van der Waals surface area (Å²) in [6.45, 7) is 6.19. The SMILES string of the molecule is CC\C=C/C=C\C=C/C=C\C=C\C=C/C=C\CCCCCC(=O)OCC(COC(=O)CCCCCC/C=C\C/C=C\C/C=C\CC)OC(=O)CCCCCCCCCCC/C=C\C/C=C\C/C=C\CC. The lowest BCUT2D eigenvalue weighted by Gasteiger charge is -2.18. The molecule has 6 heteroatoms. The maximum atomic E-state index is 12.9. The maximum Gasteiger partial charge on any atom is 0.306 e. The number of rotatable bonds is 47. The smallest absolute Gasteiger partial charge is 0.306 e. The second-order valence-electron chi connectivity index (χ2n) is 17.5. The van der Waals surface area contributed by atoms with Crippen molar-refractivity contribution in [2.45, 2.75) is 213 Å². The number of hydrogen-bond donors (Lipinski definition) is 0. The molecular weight excluding hydrogens is 865 g/mol. The van der Waals surface area contributed by atoms with Gasteiger partial charge in [0.25, 0.3) is 0 Å². The highest BCUT2D eigenvalue weighted by Crippen LogP contribution is 2.14. The normalized spacial score (nSPS) is 13.4. The first-order chi connectivity index (χ1) is 34.5. The second kappa shape index (κ2) is 56.6. The van der Waals surface area contributed by atoms with Crippen LogP contribution in [0.3, 0.4) is 0 Å². The molecule has 6 nitrogen and oxygen atoms in total. The van der Waals surface area contributed by atoms with Gasteiger partial charge in [-0.05, 0) is 103 Å². The van der Waals surface area contributed by atoms with Crippen LogP contribution in [0.1, 0.15) is 207 Å². The van der Waals surface area contributed by atoms with Gasteiger partial charge in [0.15, 0.2) is 6.10 Å². The van der Waals surface area contributed by atoms with Crippen molar-refractivity contribution >= 4 is 17.9 Å². The third-order valence-corrected chi connectivity index (χ3v) is 11.0. The summed E-state index contributed by atoms with van der Waals surface area (Å²) in [5.41, 5.74) is 0. The van der Waals surface area contributed by atoms with E-state index in [2.05, 4.69) is 106 Å². The highest BCUT2D eigenvalue weighted by molar-refractivity contribution is 5.71. The fourth-order valence-corrected chi connectivity index (χ4v) is 6.92. The molecule has 0 aromatic rings. The summed E-state index contributed by atoms with van der Waals surface area (Å²) in [4.78, 5) is 38.1. The van der Waals surface area contributed by atoms with Gasteiger partial charge in [0, 0.05) is 19.3 Å². The minimum Gasteiger partial charge on any atom is -0.462 e. The fourth-order valence-electron chi connectivity index (χ4n) is 6.92. The average molecular weight is 963 g/mol. The van der Waals surface area contributed by atoms with Gasteiger partial charge in [-0.25, -0.2) is 0 Å². The topological polar surface area (TPSA) is 78.9 Å². The highest BCUT2D eigenvalue weighted by Gasteiger charge is 2.19. The maximum absolute atomic E-state index is 12.9. The van der Waals surface area contributed by atoms with E-state index in [4.69, 9.17) is 14.2 Å². The highest BCUT2D eigenvalue weighted by atomic mass is 16.6. The molecule has 0 spiro atoms. The van der Waals surface area contributed by atoms with Crippen molar-refractivity contribution in [2.24, 2.45) is 0 Å². The summed E-state index contributed by atoms with van der Waals surface area (Å²) in [6.07, 6.45) is 82.2.